The molecule has 1 amide bonds. The largest absolute Gasteiger partial charge is 0.497 e. The Morgan fingerprint density at radius 3 is 2.61 bits per heavy atom. The monoisotopic (exact) mass is 269 g/mol. The molecule has 1 rings (SSSR count). The van der Waals surface area contributed by atoms with Crippen molar-refractivity contribution in [2.75, 3.05) is 33.1 Å². The predicted octanol–water partition coefficient (Wildman–Crippen LogP) is 1.94. The van der Waals surface area contributed by atoms with E-state index in [4.69, 9.17) is 9.47 Å². The van der Waals surface area contributed by atoms with Crippen molar-refractivity contribution in [3.8, 4) is 5.75 Å². The lowest BCUT2D eigenvalue weighted by atomic mass is 10.3. The maximum absolute atomic E-state index is 11.4. The van der Waals surface area contributed by atoms with E-state index in [0.717, 1.165) is 16.4 Å². The van der Waals surface area contributed by atoms with Crippen LogP contribution < -0.4 is 10.1 Å². The lowest BCUT2D eigenvalue weighted by Gasteiger charge is -2.05. The van der Waals surface area contributed by atoms with Crippen LogP contribution in [0.2, 0.25) is 0 Å². The van der Waals surface area contributed by atoms with Gasteiger partial charge in [-0.1, -0.05) is 0 Å². The van der Waals surface area contributed by atoms with E-state index >= 15 is 0 Å². The first-order chi connectivity index (χ1) is 8.76. The van der Waals surface area contributed by atoms with E-state index in [-0.39, 0.29) is 5.91 Å². The van der Waals surface area contributed by atoms with Gasteiger partial charge >= 0.3 is 0 Å². The lowest BCUT2D eigenvalue weighted by Crippen LogP contribution is -2.27. The average molecular weight is 269 g/mol. The molecule has 0 saturated heterocycles. The number of thioether (sulfide) groups is 1. The standard InChI is InChI=1S/C13H19NO3S/c1-16-9-8-14-13(15)7-10-18-12-5-3-11(17-2)4-6-12/h3-6H,7-10H2,1-2H3,(H,14,15). The van der Waals surface area contributed by atoms with Crippen LogP contribution >= 0.6 is 11.8 Å². The molecule has 0 radical (unpaired) electrons. The van der Waals surface area contributed by atoms with Gasteiger partial charge < -0.3 is 14.8 Å². The van der Waals surface area contributed by atoms with E-state index in [9.17, 15) is 4.79 Å². The quantitative estimate of drug-likeness (QED) is 0.579. The number of hydrogen-bond donors (Lipinski definition) is 1. The summed E-state index contributed by atoms with van der Waals surface area (Å²) in [6.45, 7) is 1.12. The summed E-state index contributed by atoms with van der Waals surface area (Å²) in [6, 6.07) is 7.82. The van der Waals surface area contributed by atoms with Crippen molar-refractivity contribution in [1.29, 1.82) is 0 Å². The SMILES string of the molecule is COCCNC(=O)CCSc1ccc(OC)cc1. The Bertz CT molecular complexity index is 354. The minimum absolute atomic E-state index is 0.0630. The molecule has 4 nitrogen and oxygen atoms in total. The van der Waals surface area contributed by atoms with Crippen LogP contribution in [0.25, 0.3) is 0 Å². The molecule has 1 N–H and O–H groups in total. The molecule has 0 saturated carbocycles. The predicted molar refractivity (Wildman–Crippen MR) is 73.2 cm³/mol. The summed E-state index contributed by atoms with van der Waals surface area (Å²) in [5, 5.41) is 2.79. The van der Waals surface area contributed by atoms with Crippen molar-refractivity contribution < 1.29 is 14.3 Å². The first-order valence-corrected chi connectivity index (χ1v) is 6.77. The van der Waals surface area contributed by atoms with Gasteiger partial charge in [-0.2, -0.15) is 0 Å². The summed E-state index contributed by atoms with van der Waals surface area (Å²) in [5.74, 6) is 1.68. The van der Waals surface area contributed by atoms with Gasteiger partial charge in [0.2, 0.25) is 5.91 Å². The Hall–Kier alpha value is -1.20. The maximum Gasteiger partial charge on any atom is 0.220 e. The molecule has 0 bridgehead atoms. The fourth-order valence-corrected chi connectivity index (χ4v) is 2.17. The molecule has 5 heteroatoms. The highest BCUT2D eigenvalue weighted by atomic mass is 32.2. The van der Waals surface area contributed by atoms with Gasteiger partial charge in [0.25, 0.3) is 0 Å². The Morgan fingerprint density at radius 2 is 2.00 bits per heavy atom. The Balaban J connectivity index is 2.18. The Morgan fingerprint density at radius 1 is 1.28 bits per heavy atom. The molecule has 0 aliphatic heterocycles. The van der Waals surface area contributed by atoms with Crippen molar-refractivity contribution in [3.05, 3.63) is 24.3 Å². The van der Waals surface area contributed by atoms with Gasteiger partial charge in [0.05, 0.1) is 13.7 Å². The van der Waals surface area contributed by atoms with Crippen molar-refractivity contribution >= 4 is 17.7 Å². The maximum atomic E-state index is 11.4. The molecular formula is C13H19NO3S. The number of ether oxygens (including phenoxy) is 2. The molecule has 0 aliphatic rings. The van der Waals surface area contributed by atoms with E-state index in [2.05, 4.69) is 5.32 Å². The van der Waals surface area contributed by atoms with Crippen LogP contribution in [0, 0.1) is 0 Å². The van der Waals surface area contributed by atoms with Gasteiger partial charge in [-0.3, -0.25) is 4.79 Å². The van der Waals surface area contributed by atoms with Crippen LogP contribution in [0.1, 0.15) is 6.42 Å². The third-order valence-corrected chi connectivity index (χ3v) is 3.30. The van der Waals surface area contributed by atoms with Gasteiger partial charge in [0.1, 0.15) is 5.75 Å². The minimum Gasteiger partial charge on any atom is -0.497 e. The molecule has 18 heavy (non-hydrogen) atoms. The van der Waals surface area contributed by atoms with Crippen LogP contribution in [-0.2, 0) is 9.53 Å². The van der Waals surface area contributed by atoms with E-state index in [0.29, 0.717) is 19.6 Å². The summed E-state index contributed by atoms with van der Waals surface area (Å²) < 4.78 is 9.94. The molecule has 0 atom stereocenters. The van der Waals surface area contributed by atoms with Crippen LogP contribution in [0.4, 0.5) is 0 Å². The van der Waals surface area contributed by atoms with E-state index in [1.165, 1.54) is 0 Å². The zero-order valence-electron chi connectivity index (χ0n) is 10.8. The lowest BCUT2D eigenvalue weighted by molar-refractivity contribution is -0.120. The minimum atomic E-state index is 0.0630. The van der Waals surface area contributed by atoms with Crippen LogP contribution in [0.15, 0.2) is 29.2 Å². The number of nitrogens with one attached hydrogen (secondary N) is 1. The summed E-state index contributed by atoms with van der Waals surface area (Å²) in [5.41, 5.74) is 0. The number of amides is 1. The number of hydrogen-bond acceptors (Lipinski definition) is 4. The fraction of sp³-hybridized carbons (Fsp3) is 0.462. The Kier molecular flexibility index (Phi) is 7.29. The molecule has 0 spiro atoms. The molecule has 100 valence electrons. The summed E-state index contributed by atoms with van der Waals surface area (Å²) in [6.07, 6.45) is 0.514. The average Bonchev–Trinajstić information content (AvgIpc) is 2.40. The van der Waals surface area contributed by atoms with Crippen LogP contribution in [0.5, 0.6) is 5.75 Å². The molecule has 0 heterocycles. The van der Waals surface area contributed by atoms with Crippen molar-refractivity contribution in [1.82, 2.24) is 5.32 Å². The molecule has 0 aliphatic carbocycles. The normalized spacial score (nSPS) is 10.1. The first-order valence-electron chi connectivity index (χ1n) is 5.78. The molecule has 1 aromatic carbocycles. The van der Waals surface area contributed by atoms with Crippen molar-refractivity contribution in [3.63, 3.8) is 0 Å². The summed E-state index contributed by atoms with van der Waals surface area (Å²) >= 11 is 1.66. The van der Waals surface area contributed by atoms with Crippen molar-refractivity contribution in [2.45, 2.75) is 11.3 Å². The highest BCUT2D eigenvalue weighted by Crippen LogP contribution is 2.21. The summed E-state index contributed by atoms with van der Waals surface area (Å²) in [7, 11) is 3.26. The third kappa shape index (κ3) is 5.93. The zero-order valence-corrected chi connectivity index (χ0v) is 11.6. The van der Waals surface area contributed by atoms with Crippen LogP contribution in [0.3, 0.4) is 0 Å². The molecule has 0 fully saturated rings. The van der Waals surface area contributed by atoms with Gasteiger partial charge in [0.15, 0.2) is 0 Å². The molecule has 0 aromatic heterocycles. The van der Waals surface area contributed by atoms with Gasteiger partial charge in [-0.05, 0) is 24.3 Å². The highest BCUT2D eigenvalue weighted by molar-refractivity contribution is 7.99. The van der Waals surface area contributed by atoms with E-state index in [1.54, 1.807) is 26.0 Å². The zero-order chi connectivity index (χ0) is 13.2. The van der Waals surface area contributed by atoms with Crippen molar-refractivity contribution in [2.24, 2.45) is 0 Å². The second-order valence-corrected chi connectivity index (χ2v) is 4.79. The first kappa shape index (κ1) is 14.9. The second kappa shape index (κ2) is 8.83. The van der Waals surface area contributed by atoms with Gasteiger partial charge in [-0.15, -0.1) is 11.8 Å². The number of carbonyl (C=O) groups is 1. The number of benzene rings is 1. The smallest absolute Gasteiger partial charge is 0.220 e. The van der Waals surface area contributed by atoms with Crippen LogP contribution in [-0.4, -0.2) is 39.0 Å². The van der Waals surface area contributed by atoms with Gasteiger partial charge in [0, 0.05) is 30.7 Å². The van der Waals surface area contributed by atoms with E-state index < -0.39 is 0 Å². The highest BCUT2D eigenvalue weighted by Gasteiger charge is 2.01. The molecule has 0 unspecified atom stereocenters. The third-order valence-electron chi connectivity index (χ3n) is 2.29. The number of methoxy groups -OCH3 is 2. The summed E-state index contributed by atoms with van der Waals surface area (Å²) in [4.78, 5) is 12.5. The molecular weight excluding hydrogens is 250 g/mol. The second-order valence-electron chi connectivity index (χ2n) is 3.62. The van der Waals surface area contributed by atoms with E-state index in [1.807, 2.05) is 24.3 Å². The number of carbonyl (C=O) groups excluding carboxylic acids is 1. The Labute approximate surface area is 112 Å². The fourth-order valence-electron chi connectivity index (χ4n) is 1.31. The molecule has 1 aromatic rings. The number of rotatable bonds is 8. The van der Waals surface area contributed by atoms with Gasteiger partial charge in [-0.25, -0.2) is 0 Å². The topological polar surface area (TPSA) is 47.6 Å².